The first-order chi connectivity index (χ1) is 15.0. The van der Waals surface area contributed by atoms with E-state index in [4.69, 9.17) is 4.74 Å². The third-order valence-electron chi connectivity index (χ3n) is 7.01. The molecule has 4 heterocycles. The van der Waals surface area contributed by atoms with Gasteiger partial charge >= 0.3 is 0 Å². The molecule has 0 bridgehead atoms. The maximum absolute atomic E-state index is 13.0. The Kier molecular flexibility index (Phi) is 5.66. The average Bonchev–Trinajstić information content (AvgIpc) is 3.28. The number of rotatable bonds is 5. The Morgan fingerprint density at radius 1 is 1.16 bits per heavy atom. The lowest BCUT2D eigenvalue weighted by molar-refractivity contribution is 0.0570. The van der Waals surface area contributed by atoms with Gasteiger partial charge in [0.05, 0.1) is 29.8 Å². The fraction of sp³-hybridized carbons (Fsp3) is 0.591. The van der Waals surface area contributed by atoms with Gasteiger partial charge in [-0.3, -0.25) is 5.10 Å². The van der Waals surface area contributed by atoms with Crippen LogP contribution in [-0.2, 0) is 14.8 Å². The van der Waals surface area contributed by atoms with Gasteiger partial charge in [-0.2, -0.15) is 9.40 Å². The predicted octanol–water partition coefficient (Wildman–Crippen LogP) is 3.22. The van der Waals surface area contributed by atoms with Crippen molar-refractivity contribution in [1.29, 1.82) is 0 Å². The second-order valence-corrected chi connectivity index (χ2v) is 10.9. The van der Waals surface area contributed by atoms with Gasteiger partial charge in [0.2, 0.25) is 10.0 Å². The van der Waals surface area contributed by atoms with Crippen LogP contribution in [0.25, 0.3) is 21.9 Å². The van der Waals surface area contributed by atoms with E-state index in [1.165, 1.54) is 5.56 Å². The normalized spacial score (nSPS) is 25.9. The molecule has 1 saturated carbocycles. The maximum atomic E-state index is 13.0. The molecular weight excluding hydrogens is 414 g/mol. The van der Waals surface area contributed by atoms with E-state index < -0.39 is 10.0 Å². The van der Waals surface area contributed by atoms with Gasteiger partial charge in [-0.25, -0.2) is 18.4 Å². The summed E-state index contributed by atoms with van der Waals surface area (Å²) in [5.41, 5.74) is 2.89. The standard InChI is InChI=1S/C22H29N5O3S/c1-30-17-3-2-10-27(13-17)31(28,29)14-15-4-6-16(7-5-15)19-11-25-26-20-12-24-22-18(21(19)20)8-9-23-22/h8-9,11-12,15-17,26H,2-7,10,13-14H2,1H3. The molecule has 1 unspecified atom stereocenters. The van der Waals surface area contributed by atoms with E-state index in [0.717, 1.165) is 60.5 Å². The van der Waals surface area contributed by atoms with Gasteiger partial charge in [-0.05, 0) is 62.0 Å². The highest BCUT2D eigenvalue weighted by molar-refractivity contribution is 7.89. The quantitative estimate of drug-likeness (QED) is 0.650. The van der Waals surface area contributed by atoms with Crippen molar-refractivity contribution in [3.05, 3.63) is 30.2 Å². The molecule has 0 spiro atoms. The summed E-state index contributed by atoms with van der Waals surface area (Å²) in [7, 11) is -1.58. The molecular formula is C22H29N5O3S. The molecule has 5 rings (SSSR count). The summed E-state index contributed by atoms with van der Waals surface area (Å²) < 4.78 is 33.1. The van der Waals surface area contributed by atoms with Crippen LogP contribution in [0.5, 0.6) is 0 Å². The van der Waals surface area contributed by atoms with E-state index >= 15 is 0 Å². The second kappa shape index (κ2) is 8.44. The van der Waals surface area contributed by atoms with Gasteiger partial charge in [0.15, 0.2) is 5.65 Å². The predicted molar refractivity (Wildman–Crippen MR) is 119 cm³/mol. The molecule has 3 aromatic rings. The average molecular weight is 444 g/mol. The number of hydrogen-bond donors (Lipinski definition) is 1. The smallest absolute Gasteiger partial charge is 0.214 e. The molecule has 31 heavy (non-hydrogen) atoms. The van der Waals surface area contributed by atoms with Gasteiger partial charge < -0.3 is 4.74 Å². The zero-order valence-corrected chi connectivity index (χ0v) is 18.6. The molecule has 166 valence electrons. The number of piperidine rings is 1. The molecule has 9 heteroatoms. The van der Waals surface area contributed by atoms with Crippen molar-refractivity contribution >= 4 is 32.0 Å². The van der Waals surface area contributed by atoms with Crippen molar-refractivity contribution in [2.24, 2.45) is 5.92 Å². The molecule has 2 fully saturated rings. The van der Waals surface area contributed by atoms with Crippen LogP contribution in [0.1, 0.15) is 50.0 Å². The minimum Gasteiger partial charge on any atom is -0.380 e. The summed E-state index contributed by atoms with van der Waals surface area (Å²) in [5.74, 6) is 0.830. The number of H-pyrrole nitrogens is 1. The van der Waals surface area contributed by atoms with Crippen LogP contribution in [-0.4, -0.2) is 64.9 Å². The summed E-state index contributed by atoms with van der Waals surface area (Å²) in [6.07, 6.45) is 11.1. The number of aromatic nitrogens is 4. The van der Waals surface area contributed by atoms with E-state index in [0.29, 0.717) is 19.0 Å². The molecule has 0 amide bonds. The first-order valence-corrected chi connectivity index (χ1v) is 12.7. The van der Waals surface area contributed by atoms with Crippen molar-refractivity contribution in [2.45, 2.75) is 50.5 Å². The Balaban J connectivity index is 1.29. The van der Waals surface area contributed by atoms with E-state index in [9.17, 15) is 8.42 Å². The van der Waals surface area contributed by atoms with Crippen LogP contribution in [0.15, 0.2) is 24.7 Å². The first kappa shape index (κ1) is 20.8. The molecule has 1 aliphatic carbocycles. The summed E-state index contributed by atoms with van der Waals surface area (Å²) in [5, 5.41) is 9.59. The highest BCUT2D eigenvalue weighted by Gasteiger charge is 2.33. The zero-order valence-electron chi connectivity index (χ0n) is 17.8. The van der Waals surface area contributed by atoms with Crippen LogP contribution in [0.2, 0.25) is 0 Å². The summed E-state index contributed by atoms with van der Waals surface area (Å²) in [6.45, 7) is 1.11. The molecule has 1 N–H and O–H groups in total. The van der Waals surface area contributed by atoms with Crippen LogP contribution in [0.3, 0.4) is 0 Å². The molecule has 0 aromatic carbocycles. The molecule has 3 aromatic heterocycles. The number of pyridine rings is 1. The van der Waals surface area contributed by atoms with E-state index in [1.807, 2.05) is 12.3 Å². The summed E-state index contributed by atoms with van der Waals surface area (Å²) in [6, 6.07) is 2.01. The number of aromatic amines is 1. The van der Waals surface area contributed by atoms with Gasteiger partial charge in [-0.15, -0.1) is 0 Å². The molecule has 1 aliphatic heterocycles. The van der Waals surface area contributed by atoms with Crippen LogP contribution in [0.4, 0.5) is 0 Å². The molecule has 2 aliphatic rings. The Bertz CT molecular complexity index is 1170. The Morgan fingerprint density at radius 2 is 2.00 bits per heavy atom. The topological polar surface area (TPSA) is 101 Å². The largest absolute Gasteiger partial charge is 0.380 e. The lowest BCUT2D eigenvalue weighted by Gasteiger charge is -2.34. The zero-order chi connectivity index (χ0) is 21.4. The molecule has 8 nitrogen and oxygen atoms in total. The maximum Gasteiger partial charge on any atom is 0.214 e. The second-order valence-electron chi connectivity index (χ2n) is 8.91. The number of ether oxygens (including phenoxy) is 1. The van der Waals surface area contributed by atoms with E-state index in [-0.39, 0.29) is 17.8 Å². The number of nitrogens with one attached hydrogen (secondary N) is 1. The van der Waals surface area contributed by atoms with Gasteiger partial charge in [0.25, 0.3) is 0 Å². The summed E-state index contributed by atoms with van der Waals surface area (Å²) in [4.78, 5) is 8.74. The van der Waals surface area contributed by atoms with Gasteiger partial charge in [0, 0.05) is 37.2 Å². The highest BCUT2D eigenvalue weighted by Crippen LogP contribution is 2.40. The SMILES string of the molecule is COC1CCCN(S(=O)(=O)CC2CCC(c3cn[nH]c4cnc5nccc5c34)CC2)C1. The van der Waals surface area contributed by atoms with E-state index in [1.54, 1.807) is 23.8 Å². The van der Waals surface area contributed by atoms with Crippen LogP contribution in [0, 0.1) is 5.92 Å². The van der Waals surface area contributed by atoms with Crippen molar-refractivity contribution in [3.63, 3.8) is 0 Å². The fourth-order valence-corrected chi connectivity index (χ4v) is 7.24. The Labute approximate surface area is 182 Å². The minimum atomic E-state index is -3.24. The highest BCUT2D eigenvalue weighted by atomic mass is 32.2. The monoisotopic (exact) mass is 443 g/mol. The van der Waals surface area contributed by atoms with Crippen LogP contribution >= 0.6 is 0 Å². The number of hydrogen-bond acceptors (Lipinski definition) is 6. The number of nitrogens with zero attached hydrogens (tertiary/aromatic N) is 4. The number of methoxy groups -OCH3 is 1. The van der Waals surface area contributed by atoms with E-state index in [2.05, 4.69) is 20.2 Å². The number of sulfonamides is 1. The minimum absolute atomic E-state index is 0.0203. The molecule has 1 saturated heterocycles. The van der Waals surface area contributed by atoms with Crippen molar-refractivity contribution in [3.8, 4) is 0 Å². The molecule has 1 atom stereocenters. The third kappa shape index (κ3) is 4.06. The summed E-state index contributed by atoms with van der Waals surface area (Å²) >= 11 is 0. The lowest BCUT2D eigenvalue weighted by atomic mass is 9.79. The van der Waals surface area contributed by atoms with Gasteiger partial charge in [0.1, 0.15) is 0 Å². The Morgan fingerprint density at radius 3 is 2.81 bits per heavy atom. The van der Waals surface area contributed by atoms with Crippen molar-refractivity contribution in [1.82, 2.24) is 24.5 Å². The lowest BCUT2D eigenvalue weighted by Crippen LogP contribution is -2.44. The van der Waals surface area contributed by atoms with Crippen molar-refractivity contribution in [2.75, 3.05) is 26.0 Å². The number of fused-ring (bicyclic) bond motifs is 3. The molecule has 0 radical (unpaired) electrons. The first-order valence-electron chi connectivity index (χ1n) is 11.1. The Hall–Kier alpha value is -2.10. The fourth-order valence-electron chi connectivity index (χ4n) is 5.29. The van der Waals surface area contributed by atoms with Crippen LogP contribution < -0.4 is 0 Å². The third-order valence-corrected chi connectivity index (χ3v) is 9.02. The van der Waals surface area contributed by atoms with Crippen molar-refractivity contribution < 1.29 is 13.2 Å². The van der Waals surface area contributed by atoms with Gasteiger partial charge in [-0.1, -0.05) is 0 Å².